The maximum absolute atomic E-state index is 11.1. The van der Waals surface area contributed by atoms with Gasteiger partial charge in [0.05, 0.1) is 0 Å². The first-order chi connectivity index (χ1) is 7.54. The van der Waals surface area contributed by atoms with Crippen LogP contribution in [0.2, 0.25) is 0 Å². The SMILES string of the molecule is CNC(=O)CCN(C)c1ccc(N)c(C)c1. The fourth-order valence-corrected chi connectivity index (χ4v) is 1.42. The third-order valence-corrected chi connectivity index (χ3v) is 2.65. The van der Waals surface area contributed by atoms with Gasteiger partial charge in [0.25, 0.3) is 0 Å². The van der Waals surface area contributed by atoms with Gasteiger partial charge in [-0.1, -0.05) is 0 Å². The van der Waals surface area contributed by atoms with Crippen LogP contribution in [0.5, 0.6) is 0 Å². The summed E-state index contributed by atoms with van der Waals surface area (Å²) in [6, 6.07) is 5.88. The largest absolute Gasteiger partial charge is 0.399 e. The molecule has 0 fully saturated rings. The molecule has 0 aromatic heterocycles. The number of rotatable bonds is 4. The first-order valence-corrected chi connectivity index (χ1v) is 5.32. The number of benzene rings is 1. The lowest BCUT2D eigenvalue weighted by molar-refractivity contribution is -0.120. The summed E-state index contributed by atoms with van der Waals surface area (Å²) < 4.78 is 0. The Bertz CT molecular complexity index is 377. The number of hydrogen-bond donors (Lipinski definition) is 2. The highest BCUT2D eigenvalue weighted by Gasteiger charge is 2.05. The first kappa shape index (κ1) is 12.4. The van der Waals surface area contributed by atoms with Gasteiger partial charge in [0.1, 0.15) is 0 Å². The number of carbonyl (C=O) groups is 1. The van der Waals surface area contributed by atoms with Crippen LogP contribution >= 0.6 is 0 Å². The van der Waals surface area contributed by atoms with Gasteiger partial charge in [0, 0.05) is 38.4 Å². The molecule has 16 heavy (non-hydrogen) atoms. The summed E-state index contributed by atoms with van der Waals surface area (Å²) >= 11 is 0. The van der Waals surface area contributed by atoms with Gasteiger partial charge in [-0.3, -0.25) is 4.79 Å². The van der Waals surface area contributed by atoms with Gasteiger partial charge < -0.3 is 16.0 Å². The molecule has 0 aliphatic rings. The predicted octanol–water partition coefficient (Wildman–Crippen LogP) is 1.15. The van der Waals surface area contributed by atoms with E-state index in [1.165, 1.54) is 0 Å². The minimum absolute atomic E-state index is 0.0546. The second kappa shape index (κ2) is 5.39. The smallest absolute Gasteiger partial charge is 0.221 e. The van der Waals surface area contributed by atoms with Crippen LogP contribution in [0.4, 0.5) is 11.4 Å². The summed E-state index contributed by atoms with van der Waals surface area (Å²) in [6.07, 6.45) is 0.496. The van der Waals surface area contributed by atoms with Crippen molar-refractivity contribution in [2.24, 2.45) is 0 Å². The van der Waals surface area contributed by atoms with E-state index in [4.69, 9.17) is 5.73 Å². The van der Waals surface area contributed by atoms with Crippen LogP contribution in [0.25, 0.3) is 0 Å². The van der Waals surface area contributed by atoms with Crippen molar-refractivity contribution in [3.63, 3.8) is 0 Å². The molecule has 4 nitrogen and oxygen atoms in total. The topological polar surface area (TPSA) is 58.4 Å². The van der Waals surface area contributed by atoms with Gasteiger partial charge in [-0.05, 0) is 30.7 Å². The summed E-state index contributed by atoms with van der Waals surface area (Å²) in [5, 5.41) is 2.61. The fourth-order valence-electron chi connectivity index (χ4n) is 1.42. The quantitative estimate of drug-likeness (QED) is 0.750. The van der Waals surface area contributed by atoms with Crippen molar-refractivity contribution in [2.45, 2.75) is 13.3 Å². The Labute approximate surface area is 96.4 Å². The second-order valence-electron chi connectivity index (χ2n) is 3.89. The van der Waals surface area contributed by atoms with Crippen LogP contribution in [0, 0.1) is 6.92 Å². The number of aryl methyl sites for hydroxylation is 1. The highest BCUT2D eigenvalue weighted by atomic mass is 16.1. The molecule has 0 saturated heterocycles. The van der Waals surface area contributed by atoms with E-state index in [1.807, 2.05) is 37.1 Å². The first-order valence-electron chi connectivity index (χ1n) is 5.32. The molecule has 1 rings (SSSR count). The maximum Gasteiger partial charge on any atom is 0.221 e. The average Bonchev–Trinajstić information content (AvgIpc) is 2.29. The fraction of sp³-hybridized carbons (Fsp3) is 0.417. The molecule has 0 bridgehead atoms. The highest BCUT2D eigenvalue weighted by molar-refractivity contribution is 5.76. The van der Waals surface area contributed by atoms with E-state index in [9.17, 15) is 4.79 Å². The van der Waals surface area contributed by atoms with E-state index in [0.717, 1.165) is 16.9 Å². The van der Waals surface area contributed by atoms with Crippen LogP contribution in [-0.2, 0) is 4.79 Å². The Morgan fingerprint density at radius 2 is 2.19 bits per heavy atom. The van der Waals surface area contributed by atoms with E-state index in [2.05, 4.69) is 5.32 Å². The molecule has 1 aromatic rings. The van der Waals surface area contributed by atoms with Crippen molar-refractivity contribution in [2.75, 3.05) is 31.3 Å². The van der Waals surface area contributed by atoms with E-state index >= 15 is 0 Å². The minimum Gasteiger partial charge on any atom is -0.399 e. The standard InChI is InChI=1S/C12H19N3O/c1-9-8-10(4-5-11(9)13)15(3)7-6-12(16)14-2/h4-5,8H,6-7,13H2,1-3H3,(H,14,16). The number of hydrogen-bond acceptors (Lipinski definition) is 3. The number of nitrogen functional groups attached to an aromatic ring is 1. The van der Waals surface area contributed by atoms with Crippen molar-refractivity contribution in [3.8, 4) is 0 Å². The number of nitrogens with two attached hydrogens (primary N) is 1. The molecule has 0 saturated carbocycles. The normalized spacial score (nSPS) is 9.94. The molecule has 4 heteroatoms. The van der Waals surface area contributed by atoms with E-state index < -0.39 is 0 Å². The molecule has 0 radical (unpaired) electrons. The van der Waals surface area contributed by atoms with Crippen LogP contribution in [0.15, 0.2) is 18.2 Å². The van der Waals surface area contributed by atoms with E-state index in [0.29, 0.717) is 13.0 Å². The zero-order valence-corrected chi connectivity index (χ0v) is 10.1. The van der Waals surface area contributed by atoms with Crippen molar-refractivity contribution in [3.05, 3.63) is 23.8 Å². The number of nitrogens with zero attached hydrogens (tertiary/aromatic N) is 1. The average molecular weight is 221 g/mol. The highest BCUT2D eigenvalue weighted by Crippen LogP contribution is 2.19. The van der Waals surface area contributed by atoms with Gasteiger partial charge in [-0.25, -0.2) is 0 Å². The Hall–Kier alpha value is -1.71. The van der Waals surface area contributed by atoms with E-state index in [1.54, 1.807) is 7.05 Å². The Balaban J connectivity index is 2.62. The number of carbonyl (C=O) groups excluding carboxylic acids is 1. The monoisotopic (exact) mass is 221 g/mol. The molecule has 0 aliphatic heterocycles. The molecule has 0 unspecified atom stereocenters. The van der Waals surface area contributed by atoms with Crippen LogP contribution < -0.4 is 16.0 Å². The molecule has 0 aliphatic carbocycles. The minimum atomic E-state index is 0.0546. The third-order valence-electron chi connectivity index (χ3n) is 2.65. The molecule has 0 atom stereocenters. The van der Waals surface area contributed by atoms with Crippen LogP contribution in [0.3, 0.4) is 0 Å². The molecule has 3 N–H and O–H groups in total. The summed E-state index contributed by atoms with van der Waals surface area (Å²) in [5.41, 5.74) is 8.68. The Morgan fingerprint density at radius 3 is 2.75 bits per heavy atom. The summed E-state index contributed by atoms with van der Waals surface area (Å²) in [6.45, 7) is 2.68. The lowest BCUT2D eigenvalue weighted by Crippen LogP contribution is -2.26. The maximum atomic E-state index is 11.1. The summed E-state index contributed by atoms with van der Waals surface area (Å²) in [4.78, 5) is 13.2. The Morgan fingerprint density at radius 1 is 1.50 bits per heavy atom. The van der Waals surface area contributed by atoms with Crippen LogP contribution in [0.1, 0.15) is 12.0 Å². The molecule has 0 heterocycles. The van der Waals surface area contributed by atoms with Gasteiger partial charge in [0.15, 0.2) is 0 Å². The summed E-state index contributed by atoms with van der Waals surface area (Å²) in [7, 11) is 3.61. The molecule has 1 amide bonds. The number of amides is 1. The number of nitrogens with one attached hydrogen (secondary N) is 1. The second-order valence-corrected chi connectivity index (χ2v) is 3.89. The van der Waals surface area contributed by atoms with Gasteiger partial charge in [0.2, 0.25) is 5.91 Å². The molecule has 1 aromatic carbocycles. The third kappa shape index (κ3) is 3.15. The van der Waals surface area contributed by atoms with Crippen molar-refractivity contribution >= 4 is 17.3 Å². The lowest BCUT2D eigenvalue weighted by atomic mass is 10.1. The molecule has 88 valence electrons. The Kier molecular flexibility index (Phi) is 4.17. The van der Waals surface area contributed by atoms with Crippen LogP contribution in [-0.4, -0.2) is 26.5 Å². The molecular formula is C12H19N3O. The predicted molar refractivity (Wildman–Crippen MR) is 67.5 cm³/mol. The van der Waals surface area contributed by atoms with Gasteiger partial charge in [-0.2, -0.15) is 0 Å². The number of anilines is 2. The summed E-state index contributed by atoms with van der Waals surface area (Å²) in [5.74, 6) is 0.0546. The van der Waals surface area contributed by atoms with Gasteiger partial charge >= 0.3 is 0 Å². The van der Waals surface area contributed by atoms with Crippen molar-refractivity contribution in [1.82, 2.24) is 5.32 Å². The van der Waals surface area contributed by atoms with Crippen molar-refractivity contribution < 1.29 is 4.79 Å². The zero-order valence-electron chi connectivity index (χ0n) is 10.1. The van der Waals surface area contributed by atoms with Gasteiger partial charge in [-0.15, -0.1) is 0 Å². The lowest BCUT2D eigenvalue weighted by Gasteiger charge is -2.19. The molecule has 0 spiro atoms. The van der Waals surface area contributed by atoms with E-state index in [-0.39, 0.29) is 5.91 Å². The zero-order chi connectivity index (χ0) is 12.1. The van der Waals surface area contributed by atoms with Crippen molar-refractivity contribution in [1.29, 1.82) is 0 Å². The molecular weight excluding hydrogens is 202 g/mol.